The molecule has 0 atom stereocenters. The zero-order valence-corrected chi connectivity index (χ0v) is 19.9. The maximum absolute atomic E-state index is 12.1. The van der Waals surface area contributed by atoms with Gasteiger partial charge in [0.25, 0.3) is 0 Å². The molecule has 176 valence electrons. The number of rotatable bonds is 4. The zero-order valence-electron chi connectivity index (χ0n) is 19.9. The van der Waals surface area contributed by atoms with Gasteiger partial charge in [0, 0.05) is 46.5 Å². The highest BCUT2D eigenvalue weighted by Crippen LogP contribution is 2.34. The summed E-state index contributed by atoms with van der Waals surface area (Å²) in [6.45, 7) is 5.64. The number of alkyl carbamates (subject to hydrolysis) is 1. The van der Waals surface area contributed by atoms with Crippen LogP contribution in [0.2, 0.25) is 0 Å². The molecule has 0 aliphatic heterocycles. The Hall–Kier alpha value is -3.54. The van der Waals surface area contributed by atoms with Gasteiger partial charge in [0.15, 0.2) is 0 Å². The SMILES string of the molecule is CC(C)(C)OC(=O)NC1CCC(Nc2ccc3cncc(-c4cc5ccccc5o4)c3c2)CC1. The summed E-state index contributed by atoms with van der Waals surface area (Å²) < 4.78 is 11.5. The lowest BCUT2D eigenvalue weighted by Gasteiger charge is -2.31. The lowest BCUT2D eigenvalue weighted by Crippen LogP contribution is -2.42. The molecule has 1 aliphatic rings. The second kappa shape index (κ2) is 9.01. The fraction of sp³-hybridized carbons (Fsp3) is 0.357. The van der Waals surface area contributed by atoms with E-state index in [0.717, 1.165) is 64.4 Å². The quantitative estimate of drug-likeness (QED) is 0.349. The predicted molar refractivity (Wildman–Crippen MR) is 136 cm³/mol. The molecule has 0 unspecified atom stereocenters. The molecule has 0 saturated heterocycles. The summed E-state index contributed by atoms with van der Waals surface area (Å²) in [6.07, 6.45) is 7.27. The van der Waals surface area contributed by atoms with Crippen molar-refractivity contribution in [3.05, 3.63) is 60.9 Å². The van der Waals surface area contributed by atoms with Gasteiger partial charge in [-0.25, -0.2) is 4.79 Å². The maximum atomic E-state index is 12.1. The largest absolute Gasteiger partial charge is 0.456 e. The van der Waals surface area contributed by atoms with E-state index >= 15 is 0 Å². The van der Waals surface area contributed by atoms with Crippen molar-refractivity contribution in [2.45, 2.75) is 64.1 Å². The van der Waals surface area contributed by atoms with Crippen molar-refractivity contribution in [2.75, 3.05) is 5.32 Å². The fourth-order valence-corrected chi connectivity index (χ4v) is 4.66. The third kappa shape index (κ3) is 5.01. The van der Waals surface area contributed by atoms with E-state index in [1.165, 1.54) is 0 Å². The van der Waals surface area contributed by atoms with Crippen molar-refractivity contribution >= 4 is 33.5 Å². The third-order valence-electron chi connectivity index (χ3n) is 6.27. The Morgan fingerprint density at radius 3 is 2.50 bits per heavy atom. The number of anilines is 1. The van der Waals surface area contributed by atoms with Gasteiger partial charge in [-0.1, -0.05) is 24.3 Å². The Bertz CT molecular complexity index is 1280. The second-order valence-corrected chi connectivity index (χ2v) is 10.1. The highest BCUT2D eigenvalue weighted by Gasteiger charge is 2.25. The minimum atomic E-state index is -0.477. The van der Waals surface area contributed by atoms with Gasteiger partial charge >= 0.3 is 6.09 Å². The van der Waals surface area contributed by atoms with Gasteiger partial charge in [0.1, 0.15) is 16.9 Å². The van der Waals surface area contributed by atoms with Crippen LogP contribution in [0.25, 0.3) is 33.1 Å². The van der Waals surface area contributed by atoms with Crippen LogP contribution in [0.15, 0.2) is 65.3 Å². The first kappa shape index (κ1) is 22.3. The number of ether oxygens (including phenoxy) is 1. The molecule has 1 amide bonds. The van der Waals surface area contributed by atoms with E-state index in [0.29, 0.717) is 6.04 Å². The fourth-order valence-electron chi connectivity index (χ4n) is 4.66. The number of benzene rings is 2. The minimum absolute atomic E-state index is 0.162. The minimum Gasteiger partial charge on any atom is -0.456 e. The monoisotopic (exact) mass is 457 g/mol. The Balaban J connectivity index is 1.28. The van der Waals surface area contributed by atoms with Crippen LogP contribution in [0.3, 0.4) is 0 Å². The maximum Gasteiger partial charge on any atom is 0.407 e. The van der Waals surface area contributed by atoms with Crippen molar-refractivity contribution in [2.24, 2.45) is 0 Å². The van der Waals surface area contributed by atoms with Crippen LogP contribution in [0.5, 0.6) is 0 Å². The van der Waals surface area contributed by atoms with E-state index in [9.17, 15) is 4.79 Å². The standard InChI is InChI=1S/C28H31N3O3/c1-28(2,3)34-27(32)31-21-12-10-20(11-13-21)30-22-9-8-19-16-29-17-24(23(19)15-22)26-14-18-6-4-5-7-25(18)33-26/h4-9,14-17,20-21,30H,10-13H2,1-3H3,(H,31,32). The average Bonchev–Trinajstić information content (AvgIpc) is 3.23. The van der Waals surface area contributed by atoms with E-state index in [-0.39, 0.29) is 12.1 Å². The summed E-state index contributed by atoms with van der Waals surface area (Å²) in [7, 11) is 0. The Labute approximate surface area is 199 Å². The summed E-state index contributed by atoms with van der Waals surface area (Å²) in [5, 5.41) is 9.98. The van der Waals surface area contributed by atoms with Crippen molar-refractivity contribution in [3.63, 3.8) is 0 Å². The number of furan rings is 1. The van der Waals surface area contributed by atoms with E-state index in [2.05, 4.69) is 45.9 Å². The number of nitrogens with one attached hydrogen (secondary N) is 2. The number of aromatic nitrogens is 1. The normalized spacial score (nSPS) is 18.7. The molecule has 1 saturated carbocycles. The van der Waals surface area contributed by atoms with E-state index in [1.54, 1.807) is 0 Å². The first-order chi connectivity index (χ1) is 16.3. The van der Waals surface area contributed by atoms with Crippen LogP contribution in [0.1, 0.15) is 46.5 Å². The van der Waals surface area contributed by atoms with Crippen LogP contribution in [0.4, 0.5) is 10.5 Å². The summed E-state index contributed by atoms with van der Waals surface area (Å²) in [5.74, 6) is 0.824. The molecule has 0 radical (unpaired) electrons. The highest BCUT2D eigenvalue weighted by molar-refractivity contribution is 5.98. The van der Waals surface area contributed by atoms with Gasteiger partial charge < -0.3 is 19.8 Å². The third-order valence-corrected chi connectivity index (χ3v) is 6.27. The Kier molecular flexibility index (Phi) is 5.90. The summed E-state index contributed by atoms with van der Waals surface area (Å²) in [5.41, 5.74) is 2.47. The molecule has 2 heterocycles. The number of hydrogen-bond acceptors (Lipinski definition) is 5. The molecular formula is C28H31N3O3. The number of hydrogen-bond donors (Lipinski definition) is 2. The smallest absolute Gasteiger partial charge is 0.407 e. The molecule has 2 N–H and O–H groups in total. The Morgan fingerprint density at radius 2 is 1.74 bits per heavy atom. The molecule has 2 aromatic heterocycles. The number of nitrogens with zero attached hydrogens (tertiary/aromatic N) is 1. The van der Waals surface area contributed by atoms with Crippen LogP contribution in [-0.2, 0) is 4.74 Å². The van der Waals surface area contributed by atoms with E-state index in [4.69, 9.17) is 9.15 Å². The molecule has 0 spiro atoms. The number of amides is 1. The van der Waals surface area contributed by atoms with E-state index in [1.807, 2.05) is 51.4 Å². The predicted octanol–water partition coefficient (Wildman–Crippen LogP) is 6.90. The molecule has 34 heavy (non-hydrogen) atoms. The topological polar surface area (TPSA) is 76.4 Å². The molecule has 4 aromatic rings. The molecule has 0 bridgehead atoms. The molecule has 1 fully saturated rings. The van der Waals surface area contributed by atoms with Crippen molar-refractivity contribution in [1.29, 1.82) is 0 Å². The zero-order chi connectivity index (χ0) is 23.7. The molecular weight excluding hydrogens is 426 g/mol. The molecule has 1 aliphatic carbocycles. The number of para-hydroxylation sites is 1. The lowest BCUT2D eigenvalue weighted by molar-refractivity contribution is 0.0492. The summed E-state index contributed by atoms with van der Waals surface area (Å²) >= 11 is 0. The molecule has 2 aromatic carbocycles. The Morgan fingerprint density at radius 1 is 0.971 bits per heavy atom. The summed E-state index contributed by atoms with van der Waals surface area (Å²) in [6, 6.07) is 17.0. The van der Waals surface area contributed by atoms with Gasteiger partial charge in [0.2, 0.25) is 0 Å². The van der Waals surface area contributed by atoms with Crippen molar-refractivity contribution < 1.29 is 13.9 Å². The highest BCUT2D eigenvalue weighted by atomic mass is 16.6. The first-order valence-electron chi connectivity index (χ1n) is 12.0. The lowest BCUT2D eigenvalue weighted by atomic mass is 9.91. The molecule has 6 nitrogen and oxygen atoms in total. The molecule has 5 rings (SSSR count). The van der Waals surface area contributed by atoms with Crippen molar-refractivity contribution in [1.82, 2.24) is 10.3 Å². The van der Waals surface area contributed by atoms with Gasteiger partial charge in [0.05, 0.1) is 0 Å². The van der Waals surface area contributed by atoms with Gasteiger partial charge in [-0.15, -0.1) is 0 Å². The van der Waals surface area contributed by atoms with Crippen LogP contribution < -0.4 is 10.6 Å². The van der Waals surface area contributed by atoms with Crippen LogP contribution >= 0.6 is 0 Å². The van der Waals surface area contributed by atoms with Gasteiger partial charge in [-0.3, -0.25) is 4.98 Å². The number of carbonyl (C=O) groups is 1. The number of pyridine rings is 1. The van der Waals surface area contributed by atoms with Gasteiger partial charge in [-0.2, -0.15) is 0 Å². The first-order valence-corrected chi connectivity index (χ1v) is 12.0. The summed E-state index contributed by atoms with van der Waals surface area (Å²) in [4.78, 5) is 16.5. The second-order valence-electron chi connectivity index (χ2n) is 10.1. The van der Waals surface area contributed by atoms with Gasteiger partial charge in [-0.05, 0) is 76.1 Å². The number of carbonyl (C=O) groups excluding carboxylic acids is 1. The molecule has 6 heteroatoms. The average molecular weight is 458 g/mol. The van der Waals surface area contributed by atoms with Crippen LogP contribution in [-0.4, -0.2) is 28.8 Å². The van der Waals surface area contributed by atoms with Crippen molar-refractivity contribution in [3.8, 4) is 11.3 Å². The number of fused-ring (bicyclic) bond motifs is 2. The van der Waals surface area contributed by atoms with E-state index < -0.39 is 5.60 Å². The van der Waals surface area contributed by atoms with Crippen LogP contribution in [0, 0.1) is 0 Å².